The lowest BCUT2D eigenvalue weighted by Gasteiger charge is -2.14. The van der Waals surface area contributed by atoms with Gasteiger partial charge in [-0.3, -0.25) is 19.6 Å². The van der Waals surface area contributed by atoms with E-state index in [1.807, 2.05) is 55.5 Å². The fourth-order valence-electron chi connectivity index (χ4n) is 3.98. The van der Waals surface area contributed by atoms with Crippen molar-refractivity contribution in [2.45, 2.75) is 51.9 Å². The standard InChI is InChI=1S/C15H14BrNO2S.C13H10BrNO2S/c1-2-19-14(18)15(6-7-15)20-13-5-8-17-12-4-3-10(16)9-11(12)13;14-8-1-2-10-9(7-8)11(3-6-15-10)18-13(4-5-13)12(16)17/h3-5,8-9H,2,6-7H2,1H3;1-3,6-7H,4-5H2,(H,16,17). The van der Waals surface area contributed by atoms with E-state index in [4.69, 9.17) is 4.74 Å². The summed E-state index contributed by atoms with van der Waals surface area (Å²) >= 11 is 9.98. The minimum absolute atomic E-state index is 0.0926. The van der Waals surface area contributed by atoms with Crippen molar-refractivity contribution in [3.63, 3.8) is 0 Å². The molecule has 2 aromatic carbocycles. The van der Waals surface area contributed by atoms with Crippen LogP contribution >= 0.6 is 55.4 Å². The van der Waals surface area contributed by atoms with Crippen molar-refractivity contribution in [2.24, 2.45) is 0 Å². The number of benzene rings is 2. The van der Waals surface area contributed by atoms with Crippen molar-refractivity contribution in [1.29, 1.82) is 0 Å². The highest BCUT2D eigenvalue weighted by Crippen LogP contribution is 2.54. The van der Waals surface area contributed by atoms with Crippen LogP contribution < -0.4 is 0 Å². The van der Waals surface area contributed by atoms with Gasteiger partial charge in [0.2, 0.25) is 0 Å². The molecule has 0 spiro atoms. The van der Waals surface area contributed by atoms with E-state index in [1.165, 1.54) is 11.8 Å². The zero-order chi connectivity index (χ0) is 26.9. The number of ether oxygens (including phenoxy) is 1. The molecule has 0 saturated heterocycles. The Hall–Kier alpha value is -2.14. The molecule has 4 aromatic rings. The van der Waals surface area contributed by atoms with Gasteiger partial charge in [-0.25, -0.2) is 0 Å². The van der Waals surface area contributed by atoms with Crippen LogP contribution in [0.4, 0.5) is 0 Å². The molecular formula is C28H24Br2N2O4S2. The summed E-state index contributed by atoms with van der Waals surface area (Å²) in [4.78, 5) is 34.0. The number of thioether (sulfide) groups is 2. The van der Waals surface area contributed by atoms with Gasteiger partial charge >= 0.3 is 11.9 Å². The summed E-state index contributed by atoms with van der Waals surface area (Å²) in [6.07, 6.45) is 6.77. The number of nitrogens with zero attached hydrogens (tertiary/aromatic N) is 2. The highest BCUT2D eigenvalue weighted by molar-refractivity contribution is 9.10. The second-order valence-corrected chi connectivity index (χ2v) is 13.8. The van der Waals surface area contributed by atoms with Crippen LogP contribution in [0, 0.1) is 0 Å². The lowest BCUT2D eigenvalue weighted by atomic mass is 10.2. The Morgan fingerprint density at radius 3 is 1.74 bits per heavy atom. The van der Waals surface area contributed by atoms with Crippen LogP contribution in [0.1, 0.15) is 32.6 Å². The third kappa shape index (κ3) is 5.88. The third-order valence-corrected chi connectivity index (χ3v) is 10.5. The molecule has 0 radical (unpaired) electrons. The molecule has 10 heteroatoms. The van der Waals surface area contributed by atoms with Gasteiger partial charge < -0.3 is 9.84 Å². The number of fused-ring (bicyclic) bond motifs is 2. The van der Waals surface area contributed by atoms with E-state index in [2.05, 4.69) is 41.8 Å². The van der Waals surface area contributed by atoms with E-state index < -0.39 is 10.7 Å². The van der Waals surface area contributed by atoms with Crippen molar-refractivity contribution in [2.75, 3.05) is 6.61 Å². The van der Waals surface area contributed by atoms with Crippen LogP contribution in [-0.2, 0) is 14.3 Å². The first-order valence-corrected chi connectivity index (χ1v) is 15.3. The number of hydrogen-bond acceptors (Lipinski definition) is 7. The predicted molar refractivity (Wildman–Crippen MR) is 159 cm³/mol. The Labute approximate surface area is 245 Å². The van der Waals surface area contributed by atoms with Crippen LogP contribution in [0.3, 0.4) is 0 Å². The van der Waals surface area contributed by atoms with Gasteiger partial charge in [0.05, 0.1) is 17.6 Å². The average molecular weight is 676 g/mol. The molecule has 2 aliphatic rings. The molecule has 196 valence electrons. The lowest BCUT2D eigenvalue weighted by molar-refractivity contribution is -0.143. The number of aromatic nitrogens is 2. The number of carbonyl (C=O) groups excluding carboxylic acids is 1. The fraction of sp³-hybridized carbons (Fsp3) is 0.286. The Kier molecular flexibility index (Phi) is 8.05. The number of carboxylic acid groups (broad SMARTS) is 1. The van der Waals surface area contributed by atoms with Crippen LogP contribution in [0.5, 0.6) is 0 Å². The molecule has 2 saturated carbocycles. The number of carboxylic acids is 1. The van der Waals surface area contributed by atoms with Gasteiger partial charge in [-0.2, -0.15) is 0 Å². The predicted octanol–water partition coefficient (Wildman–Crippen LogP) is 7.89. The summed E-state index contributed by atoms with van der Waals surface area (Å²) in [7, 11) is 0. The summed E-state index contributed by atoms with van der Waals surface area (Å²) in [6, 6.07) is 15.7. The highest BCUT2D eigenvalue weighted by atomic mass is 79.9. The molecule has 38 heavy (non-hydrogen) atoms. The number of aliphatic carboxylic acids is 1. The summed E-state index contributed by atoms with van der Waals surface area (Å²) in [5, 5.41) is 11.3. The van der Waals surface area contributed by atoms with E-state index in [0.29, 0.717) is 6.61 Å². The van der Waals surface area contributed by atoms with Crippen molar-refractivity contribution in [3.8, 4) is 0 Å². The van der Waals surface area contributed by atoms with Crippen molar-refractivity contribution in [3.05, 3.63) is 69.9 Å². The van der Waals surface area contributed by atoms with E-state index in [9.17, 15) is 14.7 Å². The summed E-state index contributed by atoms with van der Waals surface area (Å²) in [6.45, 7) is 2.28. The first-order chi connectivity index (χ1) is 18.2. The molecule has 0 amide bonds. The van der Waals surface area contributed by atoms with Crippen LogP contribution in [-0.4, -0.2) is 43.1 Å². The highest BCUT2D eigenvalue weighted by Gasteiger charge is 2.53. The maximum absolute atomic E-state index is 12.1. The Balaban J connectivity index is 0.000000156. The monoisotopic (exact) mass is 674 g/mol. The first kappa shape index (κ1) is 27.4. The van der Waals surface area contributed by atoms with Gasteiger partial charge in [-0.1, -0.05) is 31.9 Å². The van der Waals surface area contributed by atoms with Gasteiger partial charge in [0, 0.05) is 41.9 Å². The number of esters is 1. The normalized spacial score (nSPS) is 16.4. The molecule has 2 fully saturated rings. The summed E-state index contributed by atoms with van der Waals surface area (Å²) in [5.41, 5.74) is 1.84. The first-order valence-electron chi connectivity index (χ1n) is 12.1. The lowest BCUT2D eigenvalue weighted by Crippen LogP contribution is -2.21. The summed E-state index contributed by atoms with van der Waals surface area (Å²) < 4.78 is 6.19. The fourth-order valence-corrected chi connectivity index (χ4v) is 7.19. The van der Waals surface area contributed by atoms with Crippen LogP contribution in [0.15, 0.2) is 79.7 Å². The van der Waals surface area contributed by atoms with Crippen molar-refractivity contribution in [1.82, 2.24) is 9.97 Å². The second kappa shape index (κ2) is 11.2. The van der Waals surface area contributed by atoms with Gasteiger partial charge in [0.15, 0.2) is 0 Å². The Bertz CT molecular complexity index is 1540. The van der Waals surface area contributed by atoms with Crippen molar-refractivity contribution < 1.29 is 19.4 Å². The molecule has 0 atom stereocenters. The van der Waals surface area contributed by atoms with Gasteiger partial charge in [-0.05, 0) is 81.1 Å². The van der Waals surface area contributed by atoms with E-state index >= 15 is 0 Å². The zero-order valence-corrected chi connectivity index (χ0v) is 25.3. The van der Waals surface area contributed by atoms with Gasteiger partial charge in [0.1, 0.15) is 9.49 Å². The van der Waals surface area contributed by atoms with Crippen molar-refractivity contribution >= 4 is 89.1 Å². The topological polar surface area (TPSA) is 89.4 Å². The molecule has 6 nitrogen and oxygen atoms in total. The maximum Gasteiger partial charge on any atom is 0.322 e. The number of rotatable bonds is 7. The number of carbonyl (C=O) groups is 2. The molecule has 6 rings (SSSR count). The molecule has 2 aromatic heterocycles. The molecule has 0 bridgehead atoms. The smallest absolute Gasteiger partial charge is 0.322 e. The molecule has 0 aliphatic heterocycles. The van der Waals surface area contributed by atoms with Gasteiger partial charge in [0.25, 0.3) is 0 Å². The SMILES string of the molecule is CCOC(=O)C1(Sc2ccnc3ccc(Br)cc23)CC1.O=C(O)C1(Sc2ccnc3ccc(Br)cc23)CC1. The van der Waals surface area contributed by atoms with E-state index in [1.54, 1.807) is 24.2 Å². The number of halogens is 2. The average Bonchev–Trinajstić information content (AvgIpc) is 3.83. The molecule has 0 unspecified atom stereocenters. The maximum atomic E-state index is 12.1. The minimum Gasteiger partial charge on any atom is -0.480 e. The zero-order valence-electron chi connectivity index (χ0n) is 20.4. The Morgan fingerprint density at radius 2 is 1.32 bits per heavy atom. The molecule has 2 heterocycles. The number of hydrogen-bond donors (Lipinski definition) is 1. The van der Waals surface area contributed by atoms with Crippen LogP contribution in [0.25, 0.3) is 21.8 Å². The summed E-state index contributed by atoms with van der Waals surface area (Å²) in [5.74, 6) is -0.808. The quantitative estimate of drug-likeness (QED) is 0.198. The second-order valence-electron chi connectivity index (χ2n) is 9.16. The number of pyridine rings is 2. The Morgan fingerprint density at radius 1 is 0.842 bits per heavy atom. The molecular weight excluding hydrogens is 652 g/mol. The van der Waals surface area contributed by atoms with Crippen LogP contribution in [0.2, 0.25) is 0 Å². The van der Waals surface area contributed by atoms with Gasteiger partial charge in [-0.15, -0.1) is 23.5 Å². The minimum atomic E-state index is -0.715. The molecule has 1 N–H and O–H groups in total. The largest absolute Gasteiger partial charge is 0.480 e. The molecule has 2 aliphatic carbocycles. The van der Waals surface area contributed by atoms with E-state index in [0.717, 1.165) is 66.2 Å². The van der Waals surface area contributed by atoms with E-state index in [-0.39, 0.29) is 10.7 Å². The third-order valence-electron chi connectivity index (χ3n) is 6.38.